The Labute approximate surface area is 100 Å². The lowest BCUT2D eigenvalue weighted by Crippen LogP contribution is -2.52. The second kappa shape index (κ2) is 4.31. The molecule has 5 heteroatoms. The topological polar surface area (TPSA) is 51.4 Å². The second-order valence-electron chi connectivity index (χ2n) is 4.88. The molecule has 1 fully saturated rings. The van der Waals surface area contributed by atoms with Gasteiger partial charge in [0.25, 0.3) is 0 Å². The molecular weight excluding hydrogens is 222 g/mol. The predicted molar refractivity (Wildman–Crippen MR) is 66.8 cm³/mol. The SMILES string of the molecule is CC1CN(c2ncc(CN)s2)CC(C)(C)O1. The first-order valence-corrected chi connectivity index (χ1v) is 6.39. The average molecular weight is 241 g/mol. The number of ether oxygens (including phenoxy) is 1. The van der Waals surface area contributed by atoms with Gasteiger partial charge in [0.1, 0.15) is 0 Å². The minimum Gasteiger partial charge on any atom is -0.369 e. The highest BCUT2D eigenvalue weighted by molar-refractivity contribution is 7.15. The van der Waals surface area contributed by atoms with Crippen molar-refractivity contribution in [3.63, 3.8) is 0 Å². The number of rotatable bonds is 2. The van der Waals surface area contributed by atoms with Gasteiger partial charge in [-0.1, -0.05) is 0 Å². The lowest BCUT2D eigenvalue weighted by atomic mass is 10.1. The van der Waals surface area contributed by atoms with E-state index in [0.717, 1.165) is 23.1 Å². The fraction of sp³-hybridized carbons (Fsp3) is 0.727. The average Bonchev–Trinajstić information content (AvgIpc) is 2.62. The van der Waals surface area contributed by atoms with Crippen molar-refractivity contribution in [2.75, 3.05) is 18.0 Å². The van der Waals surface area contributed by atoms with E-state index in [-0.39, 0.29) is 11.7 Å². The van der Waals surface area contributed by atoms with Gasteiger partial charge in [-0.25, -0.2) is 4.98 Å². The molecule has 1 aliphatic heterocycles. The van der Waals surface area contributed by atoms with Crippen LogP contribution in [-0.4, -0.2) is 29.8 Å². The van der Waals surface area contributed by atoms with Crippen LogP contribution in [0.1, 0.15) is 25.6 Å². The number of nitrogens with two attached hydrogens (primary N) is 1. The zero-order valence-corrected chi connectivity index (χ0v) is 10.9. The molecule has 1 aliphatic rings. The summed E-state index contributed by atoms with van der Waals surface area (Å²) in [5.41, 5.74) is 5.50. The van der Waals surface area contributed by atoms with E-state index in [1.165, 1.54) is 0 Å². The molecular formula is C11H19N3OS. The summed E-state index contributed by atoms with van der Waals surface area (Å²) in [6.07, 6.45) is 2.11. The summed E-state index contributed by atoms with van der Waals surface area (Å²) < 4.78 is 5.87. The van der Waals surface area contributed by atoms with Crippen molar-refractivity contribution >= 4 is 16.5 Å². The van der Waals surface area contributed by atoms with Crippen LogP contribution in [0.25, 0.3) is 0 Å². The van der Waals surface area contributed by atoms with Crippen molar-refractivity contribution in [2.45, 2.75) is 39.0 Å². The van der Waals surface area contributed by atoms with E-state index in [1.54, 1.807) is 11.3 Å². The Balaban J connectivity index is 2.14. The largest absolute Gasteiger partial charge is 0.369 e. The van der Waals surface area contributed by atoms with Gasteiger partial charge < -0.3 is 15.4 Å². The summed E-state index contributed by atoms with van der Waals surface area (Å²) in [4.78, 5) is 7.84. The minimum atomic E-state index is -0.105. The molecule has 4 nitrogen and oxygen atoms in total. The van der Waals surface area contributed by atoms with Gasteiger partial charge in [-0.2, -0.15) is 0 Å². The molecule has 1 aromatic heterocycles. The fourth-order valence-corrected chi connectivity index (χ4v) is 2.93. The number of nitrogens with zero attached hydrogens (tertiary/aromatic N) is 2. The van der Waals surface area contributed by atoms with Crippen LogP contribution >= 0.6 is 11.3 Å². The number of anilines is 1. The summed E-state index contributed by atoms with van der Waals surface area (Å²) in [5, 5.41) is 1.06. The van der Waals surface area contributed by atoms with Crippen LogP contribution in [0.3, 0.4) is 0 Å². The van der Waals surface area contributed by atoms with Gasteiger partial charge in [0.05, 0.1) is 11.7 Å². The van der Waals surface area contributed by atoms with Gasteiger partial charge in [-0.15, -0.1) is 11.3 Å². The lowest BCUT2D eigenvalue weighted by molar-refractivity contribution is -0.0749. The van der Waals surface area contributed by atoms with E-state index in [1.807, 2.05) is 6.20 Å². The maximum absolute atomic E-state index is 5.87. The first-order valence-electron chi connectivity index (χ1n) is 5.58. The van der Waals surface area contributed by atoms with Crippen LogP contribution in [0, 0.1) is 0 Å². The van der Waals surface area contributed by atoms with Crippen LogP contribution in [0.2, 0.25) is 0 Å². The van der Waals surface area contributed by atoms with Gasteiger partial charge in [-0.05, 0) is 20.8 Å². The third-order valence-corrected chi connectivity index (χ3v) is 3.66. The summed E-state index contributed by atoms with van der Waals surface area (Å²) in [6.45, 7) is 8.70. The van der Waals surface area contributed by atoms with Gasteiger partial charge in [0, 0.05) is 30.7 Å². The Kier molecular flexibility index (Phi) is 3.19. The summed E-state index contributed by atoms with van der Waals surface area (Å²) in [5.74, 6) is 0. The molecule has 90 valence electrons. The van der Waals surface area contributed by atoms with Crippen LogP contribution in [0.5, 0.6) is 0 Å². The van der Waals surface area contributed by atoms with Crippen LogP contribution < -0.4 is 10.6 Å². The summed E-state index contributed by atoms with van der Waals surface area (Å²) >= 11 is 1.68. The molecule has 2 rings (SSSR count). The Morgan fingerprint density at radius 2 is 2.44 bits per heavy atom. The van der Waals surface area contributed by atoms with E-state index in [2.05, 4.69) is 30.7 Å². The molecule has 0 aliphatic carbocycles. The van der Waals surface area contributed by atoms with Crippen LogP contribution in [0.15, 0.2) is 6.20 Å². The van der Waals surface area contributed by atoms with E-state index in [4.69, 9.17) is 10.5 Å². The third-order valence-electron chi connectivity index (χ3n) is 2.58. The first kappa shape index (κ1) is 11.8. The zero-order valence-electron chi connectivity index (χ0n) is 10.1. The Morgan fingerprint density at radius 3 is 3.00 bits per heavy atom. The van der Waals surface area contributed by atoms with Crippen LogP contribution in [0.4, 0.5) is 5.13 Å². The summed E-state index contributed by atoms with van der Waals surface area (Å²) in [7, 11) is 0. The molecule has 1 saturated heterocycles. The Morgan fingerprint density at radius 1 is 1.69 bits per heavy atom. The zero-order chi connectivity index (χ0) is 11.8. The molecule has 0 aromatic carbocycles. The standard InChI is InChI=1S/C11H19N3OS/c1-8-6-14(7-11(2,3)15-8)10-13-5-9(4-12)16-10/h5,8H,4,6-7,12H2,1-3H3. The van der Waals surface area contributed by atoms with Crippen molar-refractivity contribution in [1.82, 2.24) is 4.98 Å². The highest BCUT2D eigenvalue weighted by atomic mass is 32.1. The quantitative estimate of drug-likeness (QED) is 0.854. The van der Waals surface area contributed by atoms with Gasteiger partial charge in [0.15, 0.2) is 5.13 Å². The molecule has 0 saturated carbocycles. The second-order valence-corrected chi connectivity index (χ2v) is 5.98. The molecule has 0 radical (unpaired) electrons. The Bertz CT molecular complexity index is 364. The lowest BCUT2D eigenvalue weighted by Gasteiger charge is -2.41. The predicted octanol–water partition coefficient (Wildman–Crippen LogP) is 1.61. The van der Waals surface area contributed by atoms with Crippen molar-refractivity contribution in [2.24, 2.45) is 5.73 Å². The molecule has 2 N–H and O–H groups in total. The summed E-state index contributed by atoms with van der Waals surface area (Å²) in [6, 6.07) is 0. The number of thiazole rings is 1. The normalized spacial score (nSPS) is 24.8. The molecule has 16 heavy (non-hydrogen) atoms. The monoisotopic (exact) mass is 241 g/mol. The van der Waals surface area contributed by atoms with E-state index in [0.29, 0.717) is 6.54 Å². The van der Waals surface area contributed by atoms with Crippen molar-refractivity contribution in [3.05, 3.63) is 11.1 Å². The molecule has 2 heterocycles. The maximum atomic E-state index is 5.87. The minimum absolute atomic E-state index is 0.105. The number of aromatic nitrogens is 1. The fourth-order valence-electron chi connectivity index (χ4n) is 2.14. The highest BCUT2D eigenvalue weighted by Gasteiger charge is 2.32. The van der Waals surface area contributed by atoms with Crippen molar-refractivity contribution < 1.29 is 4.74 Å². The molecule has 1 atom stereocenters. The highest BCUT2D eigenvalue weighted by Crippen LogP contribution is 2.28. The first-order chi connectivity index (χ1) is 7.50. The number of hydrogen-bond acceptors (Lipinski definition) is 5. The van der Waals surface area contributed by atoms with Crippen LogP contribution in [-0.2, 0) is 11.3 Å². The van der Waals surface area contributed by atoms with Gasteiger partial charge >= 0.3 is 0 Å². The molecule has 0 spiro atoms. The van der Waals surface area contributed by atoms with Gasteiger partial charge in [0.2, 0.25) is 0 Å². The van der Waals surface area contributed by atoms with E-state index >= 15 is 0 Å². The molecule has 1 unspecified atom stereocenters. The van der Waals surface area contributed by atoms with E-state index in [9.17, 15) is 0 Å². The number of morpholine rings is 1. The molecule has 0 bridgehead atoms. The number of hydrogen-bond donors (Lipinski definition) is 1. The molecule has 0 amide bonds. The molecule has 1 aromatic rings. The maximum Gasteiger partial charge on any atom is 0.185 e. The third kappa shape index (κ3) is 2.53. The smallest absolute Gasteiger partial charge is 0.185 e. The Hall–Kier alpha value is -0.650. The van der Waals surface area contributed by atoms with Crippen molar-refractivity contribution in [3.8, 4) is 0 Å². The van der Waals surface area contributed by atoms with E-state index < -0.39 is 0 Å². The van der Waals surface area contributed by atoms with Gasteiger partial charge in [-0.3, -0.25) is 0 Å². The van der Waals surface area contributed by atoms with Crippen molar-refractivity contribution in [1.29, 1.82) is 0 Å².